The van der Waals surface area contributed by atoms with Gasteiger partial charge in [-0.25, -0.2) is 0 Å². The molecule has 0 unspecified atom stereocenters. The number of allylic oxidation sites excluding steroid dienone is 3. The largest absolute Gasteiger partial charge is 0.405 e. The standard InChI is InChI=1S/C16H22N6/c1-3-9-21-14-7-6-12(22-15(19)5-4-8-17)10-13(14)16(20)11(2)18/h3-8,10,20-22H,1-2,9,17-19H2/b8-4-,15-5+,20-16?. The molecule has 116 valence electrons. The first kappa shape index (κ1) is 16.9. The molecule has 0 spiro atoms. The lowest BCUT2D eigenvalue weighted by molar-refractivity contribution is 1.29. The number of anilines is 2. The van der Waals surface area contributed by atoms with Gasteiger partial charge in [-0.3, -0.25) is 5.41 Å². The maximum Gasteiger partial charge on any atom is 0.100 e. The Hall–Kier alpha value is -3.15. The highest BCUT2D eigenvalue weighted by Gasteiger charge is 2.10. The molecule has 0 saturated heterocycles. The van der Waals surface area contributed by atoms with E-state index in [1.54, 1.807) is 24.3 Å². The molecule has 6 nitrogen and oxygen atoms in total. The van der Waals surface area contributed by atoms with Crippen LogP contribution in [0.5, 0.6) is 0 Å². The van der Waals surface area contributed by atoms with E-state index in [1.165, 1.54) is 6.20 Å². The summed E-state index contributed by atoms with van der Waals surface area (Å²) in [7, 11) is 0. The van der Waals surface area contributed by atoms with Gasteiger partial charge in [0, 0.05) is 23.5 Å². The zero-order chi connectivity index (χ0) is 16.5. The molecule has 0 atom stereocenters. The van der Waals surface area contributed by atoms with Gasteiger partial charge < -0.3 is 27.8 Å². The highest BCUT2D eigenvalue weighted by molar-refractivity contribution is 6.13. The van der Waals surface area contributed by atoms with Crippen molar-refractivity contribution in [3.8, 4) is 0 Å². The number of hydrogen-bond donors (Lipinski definition) is 6. The van der Waals surface area contributed by atoms with E-state index >= 15 is 0 Å². The summed E-state index contributed by atoms with van der Waals surface area (Å²) >= 11 is 0. The molecule has 0 saturated carbocycles. The van der Waals surface area contributed by atoms with Gasteiger partial charge in [0.05, 0.1) is 11.4 Å². The molecule has 22 heavy (non-hydrogen) atoms. The Labute approximate surface area is 130 Å². The molecule has 0 aliphatic rings. The molecular formula is C16H22N6. The van der Waals surface area contributed by atoms with Crippen molar-refractivity contribution in [2.45, 2.75) is 0 Å². The van der Waals surface area contributed by atoms with Gasteiger partial charge in [-0.05, 0) is 36.6 Å². The Morgan fingerprint density at radius 3 is 2.64 bits per heavy atom. The van der Waals surface area contributed by atoms with Crippen molar-refractivity contribution >= 4 is 17.1 Å². The molecule has 0 aliphatic carbocycles. The monoisotopic (exact) mass is 298 g/mol. The van der Waals surface area contributed by atoms with Crippen LogP contribution in [0, 0.1) is 5.41 Å². The van der Waals surface area contributed by atoms with Crippen molar-refractivity contribution in [1.29, 1.82) is 5.41 Å². The van der Waals surface area contributed by atoms with Crippen LogP contribution in [-0.2, 0) is 0 Å². The molecule has 0 bridgehead atoms. The zero-order valence-electron chi connectivity index (χ0n) is 12.4. The van der Waals surface area contributed by atoms with Gasteiger partial charge in [-0.15, -0.1) is 6.58 Å². The van der Waals surface area contributed by atoms with Crippen molar-refractivity contribution in [1.82, 2.24) is 0 Å². The van der Waals surface area contributed by atoms with Crippen LogP contribution in [0.2, 0.25) is 0 Å². The first-order valence-corrected chi connectivity index (χ1v) is 6.63. The number of nitrogens with one attached hydrogen (secondary N) is 3. The number of nitrogens with two attached hydrogens (primary N) is 3. The summed E-state index contributed by atoms with van der Waals surface area (Å²) in [6, 6.07) is 5.46. The second kappa shape index (κ2) is 8.21. The van der Waals surface area contributed by atoms with Crippen LogP contribution in [0.3, 0.4) is 0 Å². The van der Waals surface area contributed by atoms with Gasteiger partial charge in [0.1, 0.15) is 5.82 Å². The lowest BCUT2D eigenvalue weighted by Gasteiger charge is -2.15. The number of rotatable bonds is 8. The number of benzene rings is 1. The molecule has 0 amide bonds. The Bertz CT molecular complexity index is 628. The minimum absolute atomic E-state index is 0.152. The smallest absolute Gasteiger partial charge is 0.100 e. The van der Waals surface area contributed by atoms with E-state index in [9.17, 15) is 0 Å². The van der Waals surface area contributed by atoms with Gasteiger partial charge in [-0.2, -0.15) is 0 Å². The average Bonchev–Trinajstić information content (AvgIpc) is 2.50. The molecule has 6 heteroatoms. The Balaban J connectivity index is 3.12. The first-order chi connectivity index (χ1) is 10.5. The molecule has 0 radical (unpaired) electrons. The van der Waals surface area contributed by atoms with Crippen molar-refractivity contribution in [2.75, 3.05) is 17.2 Å². The highest BCUT2D eigenvalue weighted by atomic mass is 15.0. The maximum atomic E-state index is 8.06. The Kier molecular flexibility index (Phi) is 6.31. The van der Waals surface area contributed by atoms with E-state index in [2.05, 4.69) is 23.8 Å². The summed E-state index contributed by atoms with van der Waals surface area (Å²) in [4.78, 5) is 0. The minimum Gasteiger partial charge on any atom is -0.405 e. The van der Waals surface area contributed by atoms with Crippen molar-refractivity contribution in [2.24, 2.45) is 17.2 Å². The van der Waals surface area contributed by atoms with Crippen molar-refractivity contribution in [3.63, 3.8) is 0 Å². The quantitative estimate of drug-likeness (QED) is 0.248. The molecule has 0 aliphatic heterocycles. The van der Waals surface area contributed by atoms with E-state index < -0.39 is 0 Å². The highest BCUT2D eigenvalue weighted by Crippen LogP contribution is 2.23. The lowest BCUT2D eigenvalue weighted by atomic mass is 10.0. The van der Waals surface area contributed by atoms with Gasteiger partial charge in [0.15, 0.2) is 0 Å². The van der Waals surface area contributed by atoms with Gasteiger partial charge in [0.2, 0.25) is 0 Å². The topological polar surface area (TPSA) is 126 Å². The van der Waals surface area contributed by atoms with E-state index in [0.29, 0.717) is 17.9 Å². The van der Waals surface area contributed by atoms with Crippen LogP contribution in [0.1, 0.15) is 5.56 Å². The van der Waals surface area contributed by atoms with Gasteiger partial charge in [-0.1, -0.05) is 12.7 Å². The van der Waals surface area contributed by atoms with E-state index in [0.717, 1.165) is 11.4 Å². The summed E-state index contributed by atoms with van der Waals surface area (Å²) < 4.78 is 0. The molecule has 1 aromatic rings. The normalized spacial score (nSPS) is 11.2. The zero-order valence-corrected chi connectivity index (χ0v) is 12.4. The van der Waals surface area contributed by atoms with E-state index in [-0.39, 0.29) is 11.4 Å². The van der Waals surface area contributed by atoms with Crippen LogP contribution in [0.4, 0.5) is 11.4 Å². The summed E-state index contributed by atoms with van der Waals surface area (Å²) in [5, 5.41) is 14.2. The van der Waals surface area contributed by atoms with Crippen molar-refractivity contribution in [3.05, 3.63) is 72.9 Å². The van der Waals surface area contributed by atoms with Crippen LogP contribution < -0.4 is 27.8 Å². The molecule has 9 N–H and O–H groups in total. The van der Waals surface area contributed by atoms with Crippen LogP contribution in [-0.4, -0.2) is 12.3 Å². The predicted molar refractivity (Wildman–Crippen MR) is 94.5 cm³/mol. The molecule has 0 heterocycles. The molecule has 1 aromatic carbocycles. The fourth-order valence-electron chi connectivity index (χ4n) is 1.71. The van der Waals surface area contributed by atoms with Gasteiger partial charge in [0.25, 0.3) is 0 Å². The lowest BCUT2D eigenvalue weighted by Crippen LogP contribution is -2.15. The fraction of sp³-hybridized carbons (Fsp3) is 0.0625. The second-order valence-corrected chi connectivity index (χ2v) is 4.46. The van der Waals surface area contributed by atoms with Crippen molar-refractivity contribution < 1.29 is 0 Å². The Morgan fingerprint density at radius 2 is 2.05 bits per heavy atom. The maximum absolute atomic E-state index is 8.06. The van der Waals surface area contributed by atoms with Crippen LogP contribution in [0.15, 0.2) is 67.3 Å². The average molecular weight is 298 g/mol. The molecule has 0 fully saturated rings. The van der Waals surface area contributed by atoms with E-state index in [1.807, 2.05) is 12.1 Å². The molecule has 0 aromatic heterocycles. The fourth-order valence-corrected chi connectivity index (χ4v) is 1.71. The summed E-state index contributed by atoms with van der Waals surface area (Å²) in [5.41, 5.74) is 19.2. The van der Waals surface area contributed by atoms with Crippen LogP contribution >= 0.6 is 0 Å². The van der Waals surface area contributed by atoms with Crippen LogP contribution in [0.25, 0.3) is 0 Å². The minimum atomic E-state index is 0.152. The third kappa shape index (κ3) is 4.75. The Morgan fingerprint density at radius 1 is 1.32 bits per heavy atom. The SMILES string of the molecule is C=CCNc1ccc(N/C(N)=C/C=C\N)cc1C(=N)C(=C)N. The third-order valence-corrected chi connectivity index (χ3v) is 2.72. The number of hydrogen-bond acceptors (Lipinski definition) is 6. The van der Waals surface area contributed by atoms with Gasteiger partial charge >= 0.3 is 0 Å². The first-order valence-electron chi connectivity index (χ1n) is 6.63. The summed E-state index contributed by atoms with van der Waals surface area (Å²) in [5.74, 6) is 0.428. The molecular weight excluding hydrogens is 276 g/mol. The van der Waals surface area contributed by atoms with E-state index in [4.69, 9.17) is 22.6 Å². The predicted octanol–water partition coefficient (Wildman–Crippen LogP) is 1.81. The third-order valence-electron chi connectivity index (χ3n) is 2.72. The summed E-state index contributed by atoms with van der Waals surface area (Å²) in [6.45, 7) is 7.85. The second-order valence-electron chi connectivity index (χ2n) is 4.46. The summed E-state index contributed by atoms with van der Waals surface area (Å²) in [6.07, 6.45) is 6.37. The molecule has 1 rings (SSSR count).